The third-order valence-electron chi connectivity index (χ3n) is 12.8. The number of allylic oxidation sites excluding steroid dienone is 2. The normalized spacial score (nSPS) is 49.9. The maximum absolute atomic E-state index is 13.2. The average molecular weight is 487 g/mol. The van der Waals surface area contributed by atoms with Crippen LogP contribution in [0.15, 0.2) is 11.1 Å². The zero-order valence-electron chi connectivity index (χ0n) is 22.6. The van der Waals surface area contributed by atoms with E-state index in [1.165, 1.54) is 37.5 Å². The van der Waals surface area contributed by atoms with Crippen LogP contribution in [0, 0.1) is 50.7 Å². The Morgan fingerprint density at radius 1 is 0.912 bits per heavy atom. The fourth-order valence-corrected chi connectivity index (χ4v) is 11.5. The van der Waals surface area contributed by atoms with Gasteiger partial charge in [-0.1, -0.05) is 48.5 Å². The molecule has 4 fully saturated rings. The van der Waals surface area contributed by atoms with E-state index in [9.17, 15) is 9.59 Å². The Morgan fingerprint density at radius 3 is 2.24 bits per heavy atom. The predicted molar refractivity (Wildman–Crippen MR) is 140 cm³/mol. The summed E-state index contributed by atoms with van der Waals surface area (Å²) < 4.78 is 5.93. The number of fused-ring (bicyclic) bond motifs is 7. The van der Waals surface area contributed by atoms with Gasteiger partial charge < -0.3 is 9.32 Å². The van der Waals surface area contributed by atoms with Gasteiger partial charge in [-0.15, -0.1) is 0 Å². The number of aldehydes is 1. The number of carbonyl (C=O) groups excluding carboxylic acids is 2. The van der Waals surface area contributed by atoms with E-state index in [-0.39, 0.29) is 27.9 Å². The largest absolute Gasteiger partial charge is 0.362 e. The van der Waals surface area contributed by atoms with E-state index in [0.29, 0.717) is 35.7 Å². The lowest BCUT2D eigenvalue weighted by molar-refractivity contribution is -0.224. The minimum Gasteiger partial charge on any atom is -0.362 e. The number of ketones is 1. The number of hydrogen-bond acceptors (Lipinski definition) is 3. The maximum atomic E-state index is 13.2. The molecule has 0 bridgehead atoms. The van der Waals surface area contributed by atoms with Crippen LogP contribution in [0.2, 0.25) is 0 Å². The Labute approximate surface area is 209 Å². The Balaban J connectivity index is 1.59. The van der Waals surface area contributed by atoms with Crippen molar-refractivity contribution < 1.29 is 14.1 Å². The number of rotatable bonds is 3. The summed E-state index contributed by atoms with van der Waals surface area (Å²) in [6.45, 7) is 17.0. The lowest BCUT2D eigenvalue weighted by atomic mass is 9.33. The molecule has 34 heavy (non-hydrogen) atoms. The molecule has 5 aliphatic rings. The third kappa shape index (κ3) is 2.89. The molecule has 5 aliphatic carbocycles. The van der Waals surface area contributed by atoms with Gasteiger partial charge >= 0.3 is 0 Å². The molecule has 0 aromatic heterocycles. The molecule has 0 saturated heterocycles. The number of hydrogen-bond donors (Lipinski definition) is 0. The van der Waals surface area contributed by atoms with Crippen molar-refractivity contribution in [2.24, 2.45) is 50.7 Å². The van der Waals surface area contributed by atoms with Crippen molar-refractivity contribution in [3.63, 3.8) is 0 Å². The van der Waals surface area contributed by atoms with E-state index in [1.807, 2.05) is 0 Å². The molecule has 5 rings (SSSR count). The van der Waals surface area contributed by atoms with Crippen LogP contribution in [0.25, 0.3) is 0 Å². The molecule has 0 N–H and O–H groups in total. The van der Waals surface area contributed by atoms with Crippen molar-refractivity contribution in [1.82, 2.24) is 0 Å². The lowest BCUT2D eigenvalue weighted by Crippen LogP contribution is -2.65. The summed E-state index contributed by atoms with van der Waals surface area (Å²) in [6.07, 6.45) is 11.1. The Bertz CT molecular complexity index is 935. The minimum absolute atomic E-state index is 0.147. The van der Waals surface area contributed by atoms with E-state index >= 15 is 0 Å². The van der Waals surface area contributed by atoms with Crippen molar-refractivity contribution in [2.75, 3.05) is 0 Å². The van der Waals surface area contributed by atoms with Crippen LogP contribution in [0.5, 0.6) is 0 Å². The van der Waals surface area contributed by atoms with Crippen molar-refractivity contribution in [3.05, 3.63) is 11.1 Å². The minimum atomic E-state index is -0.513. The number of Topliss-reactive ketones (excluding diaryl/α,β-unsaturated/α-hetero) is 1. The van der Waals surface area contributed by atoms with Crippen LogP contribution in [-0.2, 0) is 14.1 Å². The van der Waals surface area contributed by atoms with Gasteiger partial charge in [0.1, 0.15) is 6.29 Å². The molecule has 4 saturated carbocycles. The fourth-order valence-electron chi connectivity index (χ4n) is 11.0. The van der Waals surface area contributed by atoms with Crippen molar-refractivity contribution in [1.29, 1.82) is 0 Å². The van der Waals surface area contributed by atoms with Crippen LogP contribution in [0.4, 0.5) is 0 Å². The monoisotopic (exact) mass is 486 g/mol. The summed E-state index contributed by atoms with van der Waals surface area (Å²) in [6, 6.07) is 0. The summed E-state index contributed by atoms with van der Waals surface area (Å²) in [5.74, 6) is 2.19. The van der Waals surface area contributed by atoms with Gasteiger partial charge in [-0.3, -0.25) is 4.79 Å². The molecule has 9 atom stereocenters. The highest BCUT2D eigenvalue weighted by atomic mass is 31.0. The molecule has 4 heteroatoms. The molecule has 0 aromatic rings. The first kappa shape index (κ1) is 25.1. The molecule has 3 nitrogen and oxygen atoms in total. The van der Waals surface area contributed by atoms with Gasteiger partial charge in [-0.25, -0.2) is 0 Å². The van der Waals surface area contributed by atoms with Crippen molar-refractivity contribution >= 4 is 21.5 Å². The van der Waals surface area contributed by atoms with Crippen LogP contribution >= 0.6 is 9.47 Å². The zero-order chi connectivity index (χ0) is 24.9. The summed E-state index contributed by atoms with van der Waals surface area (Å²) in [4.78, 5) is 25.8. The Kier molecular flexibility index (Phi) is 5.72. The Hall–Kier alpha value is -0.530. The fraction of sp³-hybridized carbons (Fsp3) is 0.867. The summed E-state index contributed by atoms with van der Waals surface area (Å²) in [5.41, 5.74) is 2.67. The molecule has 1 unspecified atom stereocenters. The van der Waals surface area contributed by atoms with Gasteiger partial charge in [-0.2, -0.15) is 0 Å². The second-order valence-electron chi connectivity index (χ2n) is 14.5. The molecule has 0 aromatic carbocycles. The highest BCUT2D eigenvalue weighted by molar-refractivity contribution is 7.09. The smallest absolute Gasteiger partial charge is 0.160 e. The summed E-state index contributed by atoms with van der Waals surface area (Å²) >= 11 is 0. The van der Waals surface area contributed by atoms with Gasteiger partial charge in [0.2, 0.25) is 0 Å². The zero-order valence-corrected chi connectivity index (χ0v) is 23.8. The van der Waals surface area contributed by atoms with Gasteiger partial charge in [0.25, 0.3) is 0 Å². The molecule has 0 heterocycles. The predicted octanol–water partition coefficient (Wildman–Crippen LogP) is 7.34. The van der Waals surface area contributed by atoms with E-state index in [2.05, 4.69) is 57.9 Å². The molecule has 0 radical (unpaired) electrons. The Morgan fingerprint density at radius 2 is 1.62 bits per heavy atom. The van der Waals surface area contributed by atoms with Crippen molar-refractivity contribution in [2.45, 2.75) is 112 Å². The van der Waals surface area contributed by atoms with Gasteiger partial charge in [0.15, 0.2) is 5.78 Å². The SMILES string of the molecule is CC(C)C1=C2[C@H]3CC[C@@H]4[C@@]5(C)CC[C@H](OP)C(C)(C)[C@@H]5CC[C@@]4(C)[C@]3(C)CC[C@@]2(C=O)CC1=O. The highest BCUT2D eigenvalue weighted by Gasteiger charge is 2.70. The second kappa shape index (κ2) is 7.74. The van der Waals surface area contributed by atoms with E-state index < -0.39 is 5.41 Å². The van der Waals surface area contributed by atoms with Gasteiger partial charge in [0.05, 0.1) is 11.5 Å². The molecule has 0 spiro atoms. The van der Waals surface area contributed by atoms with E-state index in [1.54, 1.807) is 0 Å². The maximum Gasteiger partial charge on any atom is 0.160 e. The number of carbonyl (C=O) groups is 2. The van der Waals surface area contributed by atoms with Gasteiger partial charge in [-0.05, 0) is 108 Å². The van der Waals surface area contributed by atoms with Crippen LogP contribution in [0.3, 0.4) is 0 Å². The van der Waals surface area contributed by atoms with Crippen molar-refractivity contribution in [3.8, 4) is 0 Å². The molecule has 190 valence electrons. The topological polar surface area (TPSA) is 43.4 Å². The van der Waals surface area contributed by atoms with Crippen LogP contribution in [-0.4, -0.2) is 18.2 Å². The first-order chi connectivity index (χ1) is 15.8. The van der Waals surface area contributed by atoms with Gasteiger partial charge in [0, 0.05) is 15.9 Å². The van der Waals surface area contributed by atoms with Crippen LogP contribution in [0.1, 0.15) is 106 Å². The third-order valence-corrected chi connectivity index (χ3v) is 13.1. The molecular formula is C30H47O3P. The van der Waals surface area contributed by atoms with Crippen LogP contribution < -0.4 is 0 Å². The molecule has 0 aliphatic heterocycles. The summed E-state index contributed by atoms with van der Waals surface area (Å²) in [5, 5.41) is 0. The first-order valence-electron chi connectivity index (χ1n) is 13.9. The standard InChI is InChI=1S/C30H47O3P/c1-18(2)24-20(32)16-30(17-31)15-14-28(6)19(25(24)30)8-9-22-27(5)12-11-23(33-34)26(3,4)21(27)10-13-29(22,28)7/h17-19,21-23H,8-16,34H2,1-7H3/t19-,21+,22-,23+,27+,28-,29-,30+/m1/s1. The highest BCUT2D eigenvalue weighted by Crippen LogP contribution is 2.76. The second-order valence-corrected chi connectivity index (χ2v) is 14.7. The quantitative estimate of drug-likeness (QED) is 0.310. The average Bonchev–Trinajstić information content (AvgIpc) is 3.06. The molecule has 0 amide bonds. The lowest BCUT2D eigenvalue weighted by Gasteiger charge is -2.72. The van der Waals surface area contributed by atoms with E-state index in [4.69, 9.17) is 4.52 Å². The van der Waals surface area contributed by atoms with E-state index in [0.717, 1.165) is 31.3 Å². The first-order valence-corrected chi connectivity index (χ1v) is 14.4. The molecular weight excluding hydrogens is 439 g/mol. The summed E-state index contributed by atoms with van der Waals surface area (Å²) in [7, 11) is 2.55.